The molecule has 0 bridgehead atoms. The van der Waals surface area contributed by atoms with Gasteiger partial charge in [0.15, 0.2) is 0 Å². The summed E-state index contributed by atoms with van der Waals surface area (Å²) in [5.74, 6) is -1.55. The van der Waals surface area contributed by atoms with Gasteiger partial charge in [0.1, 0.15) is 4.91 Å². The number of nitrogens with one attached hydrogen (secondary N) is 2. The topological polar surface area (TPSA) is 109 Å². The summed E-state index contributed by atoms with van der Waals surface area (Å²) >= 11 is 0. The number of benzene rings is 1. The first-order valence-electron chi connectivity index (χ1n) is 9.48. The van der Waals surface area contributed by atoms with Crippen molar-refractivity contribution in [3.8, 4) is 0 Å². The van der Waals surface area contributed by atoms with Crippen LogP contribution in [0.1, 0.15) is 73.1 Å². The van der Waals surface area contributed by atoms with Crippen LogP contribution in [0.15, 0.2) is 34.2 Å². The van der Waals surface area contributed by atoms with Crippen molar-refractivity contribution in [1.82, 2.24) is 10.6 Å². The molecule has 0 spiro atoms. The molecule has 2 rings (SSSR count). The van der Waals surface area contributed by atoms with Gasteiger partial charge in [0.05, 0.1) is 4.90 Å². The summed E-state index contributed by atoms with van der Waals surface area (Å²) in [7, 11) is -4.07. The smallest absolute Gasteiger partial charge is 0.251 e. The number of carbonyl (C=O) groups excluding carboxylic acids is 3. The van der Waals surface area contributed by atoms with Crippen LogP contribution in [0.2, 0.25) is 0 Å². The highest BCUT2D eigenvalue weighted by atomic mass is 32.2. The molecule has 2 amide bonds. The van der Waals surface area contributed by atoms with Gasteiger partial charge in [-0.2, -0.15) is 0 Å². The van der Waals surface area contributed by atoms with E-state index in [-0.39, 0.29) is 21.9 Å². The normalized spacial score (nSPS) is 16.1. The zero-order chi connectivity index (χ0) is 20.7. The van der Waals surface area contributed by atoms with E-state index in [1.807, 2.05) is 0 Å². The average Bonchev–Trinajstić information content (AvgIpc) is 2.84. The van der Waals surface area contributed by atoms with E-state index in [9.17, 15) is 22.8 Å². The summed E-state index contributed by atoms with van der Waals surface area (Å²) < 4.78 is 25.2. The lowest BCUT2D eigenvalue weighted by Gasteiger charge is -2.06. The van der Waals surface area contributed by atoms with E-state index < -0.39 is 26.4 Å². The number of fused-ring (bicyclic) bond motifs is 1. The summed E-state index contributed by atoms with van der Waals surface area (Å²) in [5.41, 5.74) is 0.186. The van der Waals surface area contributed by atoms with Gasteiger partial charge < -0.3 is 10.6 Å². The van der Waals surface area contributed by atoms with Crippen LogP contribution < -0.4 is 10.6 Å². The van der Waals surface area contributed by atoms with Crippen molar-refractivity contribution >= 4 is 27.4 Å². The SMILES string of the molecule is CCCCCCCCNC(=O)c1ccc2c(c1)S(=O)(=O)/C(=C/NC(C)=O)C2=O. The van der Waals surface area contributed by atoms with Gasteiger partial charge in [0.2, 0.25) is 21.5 Å². The molecule has 0 unspecified atom stereocenters. The number of carbonyl (C=O) groups is 3. The standard InChI is InChI=1S/C20H26N2O5S/c1-3-4-5-6-7-8-11-21-20(25)15-9-10-16-17(12-15)28(26,27)18(19(16)24)13-22-14(2)23/h9-10,12-13H,3-8,11H2,1-2H3,(H,21,25)(H,22,23)/b18-13+. The predicted molar refractivity (Wildman–Crippen MR) is 106 cm³/mol. The molecule has 8 heteroatoms. The highest BCUT2D eigenvalue weighted by molar-refractivity contribution is 7.97. The van der Waals surface area contributed by atoms with Gasteiger partial charge in [-0.1, -0.05) is 39.0 Å². The molecule has 1 aromatic carbocycles. The van der Waals surface area contributed by atoms with Crippen molar-refractivity contribution in [3.63, 3.8) is 0 Å². The largest absolute Gasteiger partial charge is 0.352 e. The first kappa shape index (κ1) is 21.8. The molecule has 0 fully saturated rings. The zero-order valence-corrected chi connectivity index (χ0v) is 17.0. The fourth-order valence-corrected chi connectivity index (χ4v) is 4.50. The van der Waals surface area contributed by atoms with Gasteiger partial charge in [0.25, 0.3) is 5.91 Å². The molecular weight excluding hydrogens is 380 g/mol. The molecule has 1 aliphatic heterocycles. The number of allylic oxidation sites excluding steroid dienone is 1. The van der Waals surface area contributed by atoms with Gasteiger partial charge >= 0.3 is 0 Å². The van der Waals surface area contributed by atoms with Crippen molar-refractivity contribution in [2.24, 2.45) is 0 Å². The molecule has 1 aromatic rings. The van der Waals surface area contributed by atoms with Crippen LogP contribution >= 0.6 is 0 Å². The van der Waals surface area contributed by atoms with Crippen LogP contribution in [0.5, 0.6) is 0 Å². The van der Waals surface area contributed by atoms with E-state index in [1.165, 1.54) is 44.4 Å². The maximum atomic E-state index is 12.6. The Morgan fingerprint density at radius 1 is 1.07 bits per heavy atom. The van der Waals surface area contributed by atoms with Crippen molar-refractivity contribution in [2.75, 3.05) is 6.54 Å². The number of Topliss-reactive ketones (excluding diaryl/α,β-unsaturated/α-hetero) is 1. The molecule has 7 nitrogen and oxygen atoms in total. The lowest BCUT2D eigenvalue weighted by Crippen LogP contribution is -2.24. The third-order valence-electron chi connectivity index (χ3n) is 4.51. The van der Waals surface area contributed by atoms with Crippen LogP contribution in [0.3, 0.4) is 0 Å². The number of amides is 2. The van der Waals surface area contributed by atoms with E-state index in [2.05, 4.69) is 17.6 Å². The fraction of sp³-hybridized carbons (Fsp3) is 0.450. The van der Waals surface area contributed by atoms with Crippen molar-refractivity contribution in [3.05, 3.63) is 40.4 Å². The molecule has 1 aliphatic rings. The Balaban J connectivity index is 2.05. The van der Waals surface area contributed by atoms with Crippen molar-refractivity contribution < 1.29 is 22.8 Å². The first-order chi connectivity index (χ1) is 13.3. The van der Waals surface area contributed by atoms with Gasteiger partial charge in [-0.3, -0.25) is 14.4 Å². The van der Waals surface area contributed by atoms with E-state index in [0.29, 0.717) is 6.54 Å². The molecule has 0 aromatic heterocycles. The van der Waals surface area contributed by atoms with Gasteiger partial charge in [-0.05, 0) is 24.6 Å². The number of sulfone groups is 1. The fourth-order valence-electron chi connectivity index (χ4n) is 2.97. The van der Waals surface area contributed by atoms with E-state index in [1.54, 1.807) is 0 Å². The van der Waals surface area contributed by atoms with E-state index >= 15 is 0 Å². The molecule has 0 saturated carbocycles. The molecule has 2 N–H and O–H groups in total. The highest BCUT2D eigenvalue weighted by Gasteiger charge is 2.39. The summed E-state index contributed by atoms with van der Waals surface area (Å²) in [6.45, 7) is 3.88. The van der Waals surface area contributed by atoms with E-state index in [0.717, 1.165) is 25.5 Å². The Morgan fingerprint density at radius 3 is 2.43 bits per heavy atom. The monoisotopic (exact) mass is 406 g/mol. The molecule has 1 heterocycles. The second-order valence-electron chi connectivity index (χ2n) is 6.78. The lowest BCUT2D eigenvalue weighted by atomic mass is 10.1. The lowest BCUT2D eigenvalue weighted by molar-refractivity contribution is -0.118. The van der Waals surface area contributed by atoms with Gasteiger partial charge in [-0.25, -0.2) is 8.42 Å². The zero-order valence-electron chi connectivity index (χ0n) is 16.2. The predicted octanol–water partition coefficient (Wildman–Crippen LogP) is 2.72. The summed E-state index contributed by atoms with van der Waals surface area (Å²) in [5, 5.41) is 5.00. The molecule has 0 atom stereocenters. The van der Waals surface area contributed by atoms with Crippen LogP contribution in [0.4, 0.5) is 0 Å². The Bertz CT molecular complexity index is 903. The number of rotatable bonds is 9. The minimum Gasteiger partial charge on any atom is -0.352 e. The average molecular weight is 407 g/mol. The Labute approximate surface area is 165 Å². The van der Waals surface area contributed by atoms with Crippen LogP contribution in [-0.4, -0.2) is 32.6 Å². The van der Waals surface area contributed by atoms with Crippen molar-refractivity contribution in [2.45, 2.75) is 57.3 Å². The summed E-state index contributed by atoms with van der Waals surface area (Å²) in [4.78, 5) is 34.9. The van der Waals surface area contributed by atoms with Crippen LogP contribution in [0, 0.1) is 0 Å². The number of unbranched alkanes of at least 4 members (excludes halogenated alkanes) is 5. The van der Waals surface area contributed by atoms with Crippen LogP contribution in [-0.2, 0) is 14.6 Å². The first-order valence-corrected chi connectivity index (χ1v) is 11.0. The molecular formula is C20H26N2O5S. The number of hydrogen-bond donors (Lipinski definition) is 2. The molecule has 0 aliphatic carbocycles. The Kier molecular flexibility index (Phi) is 7.51. The molecule has 0 saturated heterocycles. The van der Waals surface area contributed by atoms with Gasteiger partial charge in [0, 0.05) is 30.8 Å². The number of hydrogen-bond acceptors (Lipinski definition) is 5. The second kappa shape index (κ2) is 9.64. The highest BCUT2D eigenvalue weighted by Crippen LogP contribution is 2.34. The van der Waals surface area contributed by atoms with Crippen LogP contribution in [0.25, 0.3) is 0 Å². The minimum atomic E-state index is -4.07. The Hall–Kier alpha value is -2.48. The van der Waals surface area contributed by atoms with Gasteiger partial charge in [-0.15, -0.1) is 0 Å². The maximum absolute atomic E-state index is 12.6. The maximum Gasteiger partial charge on any atom is 0.251 e. The Morgan fingerprint density at radius 2 is 1.75 bits per heavy atom. The number of ketones is 1. The van der Waals surface area contributed by atoms with Crippen molar-refractivity contribution in [1.29, 1.82) is 0 Å². The second-order valence-corrected chi connectivity index (χ2v) is 8.66. The summed E-state index contributed by atoms with van der Waals surface area (Å²) in [6.07, 6.45) is 7.51. The minimum absolute atomic E-state index is 0.00377. The third kappa shape index (κ3) is 5.07. The molecule has 152 valence electrons. The third-order valence-corrected chi connectivity index (χ3v) is 6.31. The molecule has 28 heavy (non-hydrogen) atoms. The van der Waals surface area contributed by atoms with E-state index in [4.69, 9.17) is 0 Å². The molecule has 0 radical (unpaired) electrons. The quantitative estimate of drug-likeness (QED) is 0.484. The summed E-state index contributed by atoms with van der Waals surface area (Å²) in [6, 6.07) is 3.99.